The van der Waals surface area contributed by atoms with Gasteiger partial charge in [0, 0.05) is 11.6 Å². The van der Waals surface area contributed by atoms with Crippen LogP contribution in [0.5, 0.6) is 0 Å². The van der Waals surface area contributed by atoms with Gasteiger partial charge in [-0.15, -0.1) is 0 Å². The summed E-state index contributed by atoms with van der Waals surface area (Å²) >= 11 is 0. The Morgan fingerprint density at radius 2 is 1.74 bits per heavy atom. The molecule has 1 heteroatoms. The third-order valence-electron chi connectivity index (χ3n) is 3.57. The van der Waals surface area contributed by atoms with Crippen molar-refractivity contribution >= 4 is 10.9 Å². The lowest BCUT2D eigenvalue weighted by molar-refractivity contribution is 1.14. The van der Waals surface area contributed by atoms with Crippen LogP contribution < -0.4 is 0 Å². The highest BCUT2D eigenvalue weighted by molar-refractivity contribution is 5.94. The van der Waals surface area contributed by atoms with Gasteiger partial charge in [-0.2, -0.15) is 0 Å². The molecule has 0 aliphatic heterocycles. The van der Waals surface area contributed by atoms with Crippen LogP contribution in [0.15, 0.2) is 54.7 Å². The van der Waals surface area contributed by atoms with Crippen LogP contribution in [0.4, 0.5) is 0 Å². The molecular formula is C18H17N. The average molecular weight is 247 g/mol. The standard InChI is InChI=1S/C18H17N/c1-3-14-5-7-15(8-6-14)16-10-11-19-18-9-4-13(2)12-17(16)18/h4-12H,3H2,1-2H3. The van der Waals surface area contributed by atoms with E-state index in [-0.39, 0.29) is 0 Å². The minimum atomic E-state index is 1.06. The van der Waals surface area contributed by atoms with E-state index in [0.717, 1.165) is 11.9 Å². The molecule has 1 heterocycles. The Labute approximate surface area is 113 Å². The predicted octanol–water partition coefficient (Wildman–Crippen LogP) is 4.77. The summed E-state index contributed by atoms with van der Waals surface area (Å²) in [5.41, 5.74) is 6.22. The van der Waals surface area contributed by atoms with E-state index in [9.17, 15) is 0 Å². The molecular weight excluding hydrogens is 230 g/mol. The molecule has 0 bridgehead atoms. The van der Waals surface area contributed by atoms with Crippen LogP contribution in [0.25, 0.3) is 22.0 Å². The molecule has 19 heavy (non-hydrogen) atoms. The molecule has 2 aromatic carbocycles. The van der Waals surface area contributed by atoms with Crippen molar-refractivity contribution in [3.63, 3.8) is 0 Å². The van der Waals surface area contributed by atoms with Gasteiger partial charge in [0.15, 0.2) is 0 Å². The first-order chi connectivity index (χ1) is 9.28. The third kappa shape index (κ3) is 2.24. The van der Waals surface area contributed by atoms with Crippen molar-refractivity contribution in [2.75, 3.05) is 0 Å². The number of pyridine rings is 1. The Kier molecular flexibility index (Phi) is 3.04. The van der Waals surface area contributed by atoms with Gasteiger partial charge in [-0.05, 0) is 48.2 Å². The van der Waals surface area contributed by atoms with Crippen molar-refractivity contribution in [3.8, 4) is 11.1 Å². The normalized spacial score (nSPS) is 10.8. The fraction of sp³-hybridized carbons (Fsp3) is 0.167. The molecule has 0 saturated heterocycles. The minimum Gasteiger partial charge on any atom is -0.256 e. The summed E-state index contributed by atoms with van der Waals surface area (Å²) in [7, 11) is 0. The van der Waals surface area contributed by atoms with E-state index in [0.29, 0.717) is 0 Å². The van der Waals surface area contributed by atoms with Gasteiger partial charge in [0.05, 0.1) is 5.52 Å². The topological polar surface area (TPSA) is 12.9 Å². The van der Waals surface area contributed by atoms with Crippen molar-refractivity contribution in [2.24, 2.45) is 0 Å². The molecule has 0 spiro atoms. The Morgan fingerprint density at radius 1 is 0.947 bits per heavy atom. The van der Waals surface area contributed by atoms with Gasteiger partial charge in [-0.25, -0.2) is 0 Å². The van der Waals surface area contributed by atoms with E-state index in [1.54, 1.807) is 0 Å². The van der Waals surface area contributed by atoms with Crippen LogP contribution in [-0.2, 0) is 6.42 Å². The fourth-order valence-corrected chi connectivity index (χ4v) is 2.43. The molecule has 1 nitrogen and oxygen atoms in total. The number of rotatable bonds is 2. The van der Waals surface area contributed by atoms with Crippen LogP contribution >= 0.6 is 0 Å². The Hall–Kier alpha value is -2.15. The molecule has 0 aliphatic carbocycles. The maximum Gasteiger partial charge on any atom is 0.0708 e. The quantitative estimate of drug-likeness (QED) is 0.635. The molecule has 0 aliphatic rings. The summed E-state index contributed by atoms with van der Waals surface area (Å²) in [6, 6.07) is 17.3. The smallest absolute Gasteiger partial charge is 0.0708 e. The number of nitrogens with zero attached hydrogens (tertiary/aromatic N) is 1. The van der Waals surface area contributed by atoms with Crippen molar-refractivity contribution in [1.29, 1.82) is 0 Å². The monoisotopic (exact) mass is 247 g/mol. The zero-order valence-corrected chi connectivity index (χ0v) is 11.4. The first-order valence-corrected chi connectivity index (χ1v) is 6.72. The predicted molar refractivity (Wildman–Crippen MR) is 81.3 cm³/mol. The van der Waals surface area contributed by atoms with Crippen LogP contribution in [0.2, 0.25) is 0 Å². The van der Waals surface area contributed by atoms with E-state index in [1.165, 1.54) is 27.6 Å². The Morgan fingerprint density at radius 3 is 2.47 bits per heavy atom. The molecule has 3 rings (SSSR count). The van der Waals surface area contributed by atoms with Gasteiger partial charge in [-0.3, -0.25) is 4.98 Å². The molecule has 0 unspecified atom stereocenters. The van der Waals surface area contributed by atoms with Crippen LogP contribution in [0.1, 0.15) is 18.1 Å². The van der Waals surface area contributed by atoms with Gasteiger partial charge < -0.3 is 0 Å². The number of fused-ring (bicyclic) bond motifs is 1. The average Bonchev–Trinajstić information content (AvgIpc) is 2.47. The lowest BCUT2D eigenvalue weighted by atomic mass is 9.99. The first-order valence-electron chi connectivity index (χ1n) is 6.72. The third-order valence-corrected chi connectivity index (χ3v) is 3.57. The van der Waals surface area contributed by atoms with E-state index < -0.39 is 0 Å². The van der Waals surface area contributed by atoms with Crippen molar-refractivity contribution in [3.05, 3.63) is 65.9 Å². The highest BCUT2D eigenvalue weighted by Gasteiger charge is 2.04. The molecule has 0 radical (unpaired) electrons. The summed E-state index contributed by atoms with van der Waals surface area (Å²) in [5.74, 6) is 0. The largest absolute Gasteiger partial charge is 0.256 e. The van der Waals surface area contributed by atoms with Gasteiger partial charge in [0.25, 0.3) is 0 Å². The van der Waals surface area contributed by atoms with Gasteiger partial charge in [0.1, 0.15) is 0 Å². The first kappa shape index (κ1) is 11.9. The molecule has 0 saturated carbocycles. The summed E-state index contributed by atoms with van der Waals surface area (Å²) < 4.78 is 0. The molecule has 3 aromatic rings. The molecule has 0 amide bonds. The van der Waals surface area contributed by atoms with Gasteiger partial charge >= 0.3 is 0 Å². The van der Waals surface area contributed by atoms with Crippen molar-refractivity contribution in [2.45, 2.75) is 20.3 Å². The number of aryl methyl sites for hydroxylation is 2. The SMILES string of the molecule is CCc1ccc(-c2ccnc3ccc(C)cc23)cc1. The number of hydrogen-bond acceptors (Lipinski definition) is 1. The zero-order valence-electron chi connectivity index (χ0n) is 11.4. The van der Waals surface area contributed by atoms with Crippen molar-refractivity contribution < 1.29 is 0 Å². The number of benzene rings is 2. The molecule has 94 valence electrons. The zero-order chi connectivity index (χ0) is 13.2. The summed E-state index contributed by atoms with van der Waals surface area (Å²) in [6.07, 6.45) is 2.97. The van der Waals surface area contributed by atoms with E-state index in [2.05, 4.69) is 67.4 Å². The fourth-order valence-electron chi connectivity index (χ4n) is 2.43. The molecule has 0 fully saturated rings. The number of hydrogen-bond donors (Lipinski definition) is 0. The maximum atomic E-state index is 4.44. The Bertz CT molecular complexity index is 711. The summed E-state index contributed by atoms with van der Waals surface area (Å²) in [6.45, 7) is 4.30. The lowest BCUT2D eigenvalue weighted by Gasteiger charge is -2.08. The molecule has 0 atom stereocenters. The van der Waals surface area contributed by atoms with E-state index >= 15 is 0 Å². The van der Waals surface area contributed by atoms with Gasteiger partial charge in [-0.1, -0.05) is 42.8 Å². The van der Waals surface area contributed by atoms with Crippen LogP contribution in [0, 0.1) is 6.92 Å². The lowest BCUT2D eigenvalue weighted by Crippen LogP contribution is -1.86. The van der Waals surface area contributed by atoms with Crippen LogP contribution in [0.3, 0.4) is 0 Å². The molecule has 1 aromatic heterocycles. The second-order valence-electron chi connectivity index (χ2n) is 4.93. The molecule has 0 N–H and O–H groups in total. The van der Waals surface area contributed by atoms with Gasteiger partial charge in [0.2, 0.25) is 0 Å². The Balaban J connectivity index is 2.20. The van der Waals surface area contributed by atoms with E-state index in [4.69, 9.17) is 0 Å². The van der Waals surface area contributed by atoms with Crippen molar-refractivity contribution in [1.82, 2.24) is 4.98 Å². The summed E-state index contributed by atoms with van der Waals surface area (Å²) in [4.78, 5) is 4.44. The minimum absolute atomic E-state index is 1.06. The summed E-state index contributed by atoms with van der Waals surface area (Å²) in [5, 5.41) is 1.23. The maximum absolute atomic E-state index is 4.44. The van der Waals surface area contributed by atoms with Crippen LogP contribution in [-0.4, -0.2) is 4.98 Å². The highest BCUT2D eigenvalue weighted by atomic mass is 14.6. The second-order valence-corrected chi connectivity index (χ2v) is 4.93. The number of aromatic nitrogens is 1. The van der Waals surface area contributed by atoms with E-state index in [1.807, 2.05) is 6.20 Å². The second kappa shape index (κ2) is 4.85. The highest BCUT2D eigenvalue weighted by Crippen LogP contribution is 2.28.